The highest BCUT2D eigenvalue weighted by Gasteiger charge is 2.11. The molecule has 0 saturated carbocycles. The molecule has 0 radical (unpaired) electrons. The zero-order valence-corrected chi connectivity index (χ0v) is 18.5. The lowest BCUT2D eigenvalue weighted by atomic mass is 10.1. The van der Waals surface area contributed by atoms with Crippen molar-refractivity contribution in [2.75, 3.05) is 5.32 Å². The van der Waals surface area contributed by atoms with Gasteiger partial charge in [-0.15, -0.1) is 0 Å². The zero-order valence-electron chi connectivity index (χ0n) is 17.8. The minimum Gasteiger partial charge on any atom is -0.305 e. The summed E-state index contributed by atoms with van der Waals surface area (Å²) in [5.74, 6) is 0.334. The quantitative estimate of drug-likeness (QED) is 0.465. The third-order valence-electron chi connectivity index (χ3n) is 5.15. The molecule has 0 atom stereocenters. The molecule has 0 aliphatic heterocycles. The number of carbonyl (C=O) groups is 1. The number of aryl methyl sites for hydroxylation is 2. The van der Waals surface area contributed by atoms with Gasteiger partial charge in [0.25, 0.3) is 5.91 Å². The van der Waals surface area contributed by atoms with E-state index in [4.69, 9.17) is 11.6 Å². The van der Waals surface area contributed by atoms with Crippen LogP contribution in [-0.4, -0.2) is 25.5 Å². The van der Waals surface area contributed by atoms with Gasteiger partial charge >= 0.3 is 0 Å². The fourth-order valence-corrected chi connectivity index (χ4v) is 3.60. The van der Waals surface area contributed by atoms with E-state index in [1.54, 1.807) is 6.07 Å². The van der Waals surface area contributed by atoms with Gasteiger partial charge in [-0.05, 0) is 44.0 Å². The van der Waals surface area contributed by atoms with Crippen LogP contribution < -0.4 is 5.32 Å². The van der Waals surface area contributed by atoms with E-state index in [2.05, 4.69) is 40.6 Å². The van der Waals surface area contributed by atoms with Crippen LogP contribution in [-0.2, 0) is 13.1 Å². The second kappa shape index (κ2) is 8.78. The number of nitrogens with one attached hydrogen (secondary N) is 1. The minimum atomic E-state index is -0.193. The van der Waals surface area contributed by atoms with Gasteiger partial charge in [-0.1, -0.05) is 53.6 Å². The van der Waals surface area contributed by atoms with E-state index in [-0.39, 0.29) is 5.91 Å². The zero-order chi connectivity index (χ0) is 22.0. The Morgan fingerprint density at radius 1 is 0.968 bits per heavy atom. The molecule has 1 amide bonds. The van der Waals surface area contributed by atoms with Gasteiger partial charge in [-0.25, -0.2) is 0 Å². The molecular formula is C24H24ClN5O. The number of hydrogen-bond acceptors (Lipinski definition) is 3. The topological polar surface area (TPSA) is 64.7 Å². The van der Waals surface area contributed by atoms with Crippen molar-refractivity contribution in [1.29, 1.82) is 0 Å². The number of anilines is 1. The van der Waals surface area contributed by atoms with E-state index in [9.17, 15) is 4.79 Å². The van der Waals surface area contributed by atoms with E-state index in [0.717, 1.165) is 17.0 Å². The van der Waals surface area contributed by atoms with Crippen LogP contribution in [0, 0.1) is 20.8 Å². The van der Waals surface area contributed by atoms with Gasteiger partial charge in [0.2, 0.25) is 0 Å². The van der Waals surface area contributed by atoms with Gasteiger partial charge in [-0.2, -0.15) is 10.2 Å². The Morgan fingerprint density at radius 3 is 2.42 bits per heavy atom. The van der Waals surface area contributed by atoms with Crippen molar-refractivity contribution in [3.63, 3.8) is 0 Å². The first kappa shape index (κ1) is 20.9. The fraction of sp³-hybridized carbons (Fsp3) is 0.208. The number of benzene rings is 2. The molecule has 0 saturated heterocycles. The first-order valence-electron chi connectivity index (χ1n) is 10.1. The minimum absolute atomic E-state index is 0.193. The van der Waals surface area contributed by atoms with Crippen LogP contribution >= 0.6 is 11.6 Å². The molecule has 0 spiro atoms. The molecule has 4 aromatic rings. The Balaban J connectivity index is 1.38. The Kier molecular flexibility index (Phi) is 5.91. The largest absolute Gasteiger partial charge is 0.305 e. The highest BCUT2D eigenvalue weighted by molar-refractivity contribution is 6.31. The van der Waals surface area contributed by atoms with Crippen LogP contribution in [0.25, 0.3) is 0 Å². The van der Waals surface area contributed by atoms with Gasteiger partial charge in [0.05, 0.1) is 29.5 Å². The van der Waals surface area contributed by atoms with Gasteiger partial charge in [-0.3, -0.25) is 14.2 Å². The number of rotatable bonds is 6. The van der Waals surface area contributed by atoms with Crippen molar-refractivity contribution >= 4 is 23.3 Å². The molecule has 0 unspecified atom stereocenters. The maximum Gasteiger partial charge on any atom is 0.256 e. The molecule has 7 heteroatoms. The Labute approximate surface area is 186 Å². The van der Waals surface area contributed by atoms with Crippen LogP contribution in [0.5, 0.6) is 0 Å². The van der Waals surface area contributed by atoms with Crippen molar-refractivity contribution in [3.8, 4) is 0 Å². The van der Waals surface area contributed by atoms with Crippen molar-refractivity contribution in [2.45, 2.75) is 33.9 Å². The highest BCUT2D eigenvalue weighted by atomic mass is 35.5. The van der Waals surface area contributed by atoms with E-state index in [1.165, 1.54) is 11.1 Å². The SMILES string of the molecule is Cc1cccc(Cn2ccc(NC(=O)c3ccc(Cn4nc(C)c(Cl)c4C)cc3)n2)c1. The van der Waals surface area contributed by atoms with Crippen LogP contribution in [0.15, 0.2) is 60.8 Å². The molecular weight excluding hydrogens is 410 g/mol. The van der Waals surface area contributed by atoms with E-state index >= 15 is 0 Å². The van der Waals surface area contributed by atoms with E-state index in [0.29, 0.717) is 29.5 Å². The number of halogens is 1. The molecule has 0 aliphatic carbocycles. The lowest BCUT2D eigenvalue weighted by Crippen LogP contribution is -2.13. The normalized spacial score (nSPS) is 11.0. The third kappa shape index (κ3) is 4.86. The average molecular weight is 434 g/mol. The standard InChI is InChI=1S/C24H24ClN5O/c1-16-5-4-6-20(13-16)14-29-12-11-22(28-29)26-24(31)21-9-7-19(8-10-21)15-30-18(3)23(25)17(2)27-30/h4-13H,14-15H2,1-3H3,(H,26,28,31). The lowest BCUT2D eigenvalue weighted by Gasteiger charge is -2.07. The monoisotopic (exact) mass is 433 g/mol. The number of aromatic nitrogens is 4. The van der Waals surface area contributed by atoms with Gasteiger partial charge in [0.1, 0.15) is 0 Å². The summed E-state index contributed by atoms with van der Waals surface area (Å²) < 4.78 is 3.68. The maximum absolute atomic E-state index is 12.6. The Morgan fingerprint density at radius 2 is 1.74 bits per heavy atom. The van der Waals surface area contributed by atoms with E-state index < -0.39 is 0 Å². The summed E-state index contributed by atoms with van der Waals surface area (Å²) in [6.07, 6.45) is 1.86. The van der Waals surface area contributed by atoms with Crippen LogP contribution in [0.1, 0.15) is 38.4 Å². The molecule has 0 bridgehead atoms. The molecule has 2 heterocycles. The van der Waals surface area contributed by atoms with Crippen LogP contribution in [0.4, 0.5) is 5.82 Å². The lowest BCUT2D eigenvalue weighted by molar-refractivity contribution is 0.102. The summed E-state index contributed by atoms with van der Waals surface area (Å²) in [4.78, 5) is 12.6. The molecule has 0 aliphatic rings. The third-order valence-corrected chi connectivity index (χ3v) is 5.70. The maximum atomic E-state index is 12.6. The first-order chi connectivity index (χ1) is 14.9. The van der Waals surface area contributed by atoms with Gasteiger partial charge < -0.3 is 5.32 Å². The second-order valence-electron chi connectivity index (χ2n) is 7.68. The number of nitrogens with zero attached hydrogens (tertiary/aromatic N) is 4. The summed E-state index contributed by atoms with van der Waals surface area (Å²) in [7, 11) is 0. The summed E-state index contributed by atoms with van der Waals surface area (Å²) in [6, 6.07) is 17.6. The summed E-state index contributed by atoms with van der Waals surface area (Å²) in [5.41, 5.74) is 5.74. The van der Waals surface area contributed by atoms with Crippen molar-refractivity contribution in [2.24, 2.45) is 0 Å². The Hall–Kier alpha value is -3.38. The van der Waals surface area contributed by atoms with Crippen molar-refractivity contribution in [1.82, 2.24) is 19.6 Å². The van der Waals surface area contributed by atoms with Crippen LogP contribution in [0.3, 0.4) is 0 Å². The molecule has 2 aromatic heterocycles. The molecule has 31 heavy (non-hydrogen) atoms. The number of hydrogen-bond donors (Lipinski definition) is 1. The van der Waals surface area contributed by atoms with Crippen molar-refractivity contribution < 1.29 is 4.79 Å². The average Bonchev–Trinajstić information content (AvgIpc) is 3.28. The molecule has 2 aromatic carbocycles. The smallest absolute Gasteiger partial charge is 0.256 e. The molecule has 0 fully saturated rings. The summed E-state index contributed by atoms with van der Waals surface area (Å²) in [6.45, 7) is 7.16. The van der Waals surface area contributed by atoms with Gasteiger partial charge in [0, 0.05) is 17.8 Å². The highest BCUT2D eigenvalue weighted by Crippen LogP contribution is 2.20. The fourth-order valence-electron chi connectivity index (χ4n) is 3.47. The predicted molar refractivity (Wildman–Crippen MR) is 123 cm³/mol. The molecule has 158 valence electrons. The first-order valence-corrected chi connectivity index (χ1v) is 10.5. The second-order valence-corrected chi connectivity index (χ2v) is 8.06. The molecule has 4 rings (SSSR count). The van der Waals surface area contributed by atoms with E-state index in [1.807, 2.05) is 59.7 Å². The van der Waals surface area contributed by atoms with Crippen LogP contribution in [0.2, 0.25) is 5.02 Å². The molecule has 1 N–H and O–H groups in total. The number of amides is 1. The summed E-state index contributed by atoms with van der Waals surface area (Å²) >= 11 is 6.22. The molecule has 6 nitrogen and oxygen atoms in total. The predicted octanol–water partition coefficient (Wildman–Crippen LogP) is 5.01. The Bertz CT molecular complexity index is 1220. The van der Waals surface area contributed by atoms with Crippen molar-refractivity contribution in [3.05, 3.63) is 99.5 Å². The number of carbonyl (C=O) groups excluding carboxylic acids is 1. The van der Waals surface area contributed by atoms with Gasteiger partial charge in [0.15, 0.2) is 5.82 Å². The summed E-state index contributed by atoms with van der Waals surface area (Å²) in [5, 5.41) is 12.5.